The van der Waals surface area contributed by atoms with Crippen molar-refractivity contribution in [2.45, 2.75) is 45.4 Å². The van der Waals surface area contributed by atoms with Crippen LogP contribution in [0, 0.1) is 0 Å². The van der Waals surface area contributed by atoms with Crippen LogP contribution in [-0.2, 0) is 16.1 Å². The summed E-state index contributed by atoms with van der Waals surface area (Å²) in [5, 5.41) is 11.5. The lowest BCUT2D eigenvalue weighted by Gasteiger charge is -2.41. The van der Waals surface area contributed by atoms with Crippen molar-refractivity contribution in [1.29, 1.82) is 0 Å². The zero-order valence-corrected chi connectivity index (χ0v) is 16.6. The van der Waals surface area contributed by atoms with Crippen molar-refractivity contribution >= 4 is 22.8 Å². The average molecular weight is 385 g/mol. The molecule has 1 saturated heterocycles. The van der Waals surface area contributed by atoms with Gasteiger partial charge in [0.05, 0.1) is 6.42 Å². The number of benzene rings is 1. The zero-order valence-electron chi connectivity index (χ0n) is 16.6. The normalized spacial score (nSPS) is 18.2. The summed E-state index contributed by atoms with van der Waals surface area (Å²) in [7, 11) is 0. The molecule has 7 nitrogen and oxygen atoms in total. The van der Waals surface area contributed by atoms with Gasteiger partial charge >= 0.3 is 12.1 Å². The number of ether oxygens (including phenoxy) is 1. The molecule has 0 aliphatic carbocycles. The van der Waals surface area contributed by atoms with Crippen molar-refractivity contribution < 1.29 is 19.4 Å². The Balaban J connectivity index is 1.77. The Hall–Kier alpha value is -2.67. The van der Waals surface area contributed by atoms with Gasteiger partial charge in [-0.2, -0.15) is 0 Å². The van der Waals surface area contributed by atoms with Crippen molar-refractivity contribution in [1.82, 2.24) is 14.8 Å². The van der Waals surface area contributed by atoms with E-state index >= 15 is 0 Å². The molecule has 2 heterocycles. The number of carboxylic acids is 1. The largest absolute Gasteiger partial charge is 0.481 e. The first-order chi connectivity index (χ1) is 13.2. The Morgan fingerprint density at radius 1 is 1.25 bits per heavy atom. The number of piperazine rings is 1. The molecular formula is C21H27N3O4. The number of pyridine rings is 1. The number of amides is 1. The molecule has 1 aromatic carbocycles. The molecule has 3 rings (SSSR count). The van der Waals surface area contributed by atoms with Gasteiger partial charge in [0, 0.05) is 50.0 Å². The molecule has 28 heavy (non-hydrogen) atoms. The van der Waals surface area contributed by atoms with Crippen molar-refractivity contribution in [2.24, 2.45) is 0 Å². The Morgan fingerprint density at radius 2 is 2.04 bits per heavy atom. The number of aliphatic carboxylic acids is 1. The minimum Gasteiger partial charge on any atom is -0.481 e. The van der Waals surface area contributed by atoms with Gasteiger partial charge in [-0.1, -0.05) is 18.2 Å². The van der Waals surface area contributed by atoms with Crippen molar-refractivity contribution in [3.05, 3.63) is 42.2 Å². The van der Waals surface area contributed by atoms with E-state index in [1.807, 2.05) is 45.2 Å². The highest BCUT2D eigenvalue weighted by molar-refractivity contribution is 5.84. The summed E-state index contributed by atoms with van der Waals surface area (Å²) in [5.74, 6) is -0.872. The lowest BCUT2D eigenvalue weighted by molar-refractivity contribution is -0.139. The maximum absolute atomic E-state index is 12.4. The molecule has 1 amide bonds. The Morgan fingerprint density at radius 3 is 2.75 bits per heavy atom. The first-order valence-electron chi connectivity index (χ1n) is 9.48. The topological polar surface area (TPSA) is 83.0 Å². The zero-order chi connectivity index (χ0) is 20.3. The summed E-state index contributed by atoms with van der Waals surface area (Å²) in [5.41, 5.74) is 0.550. The predicted molar refractivity (Wildman–Crippen MR) is 106 cm³/mol. The van der Waals surface area contributed by atoms with Gasteiger partial charge < -0.3 is 14.7 Å². The molecule has 2 aromatic rings. The molecule has 0 bridgehead atoms. The summed E-state index contributed by atoms with van der Waals surface area (Å²) in [6, 6.07) is 7.77. The third kappa shape index (κ3) is 4.98. The maximum atomic E-state index is 12.4. The van der Waals surface area contributed by atoms with E-state index in [4.69, 9.17) is 4.74 Å². The molecule has 1 unspecified atom stereocenters. The quantitative estimate of drug-likeness (QED) is 0.871. The van der Waals surface area contributed by atoms with Gasteiger partial charge in [-0.05, 0) is 37.8 Å². The van der Waals surface area contributed by atoms with Crippen LogP contribution < -0.4 is 0 Å². The Bertz CT molecular complexity index is 857. The van der Waals surface area contributed by atoms with Crippen LogP contribution in [0.2, 0.25) is 0 Å². The van der Waals surface area contributed by atoms with Crippen LogP contribution in [0.1, 0.15) is 32.8 Å². The monoisotopic (exact) mass is 385 g/mol. The summed E-state index contributed by atoms with van der Waals surface area (Å²) in [6.45, 7) is 7.55. The molecule has 0 radical (unpaired) electrons. The number of hydrogen-bond donors (Lipinski definition) is 1. The lowest BCUT2D eigenvalue weighted by Crippen LogP contribution is -2.55. The molecule has 1 atom stereocenters. The fourth-order valence-corrected chi connectivity index (χ4v) is 3.53. The van der Waals surface area contributed by atoms with Crippen molar-refractivity contribution in [2.75, 3.05) is 19.6 Å². The predicted octanol–water partition coefficient (Wildman–Crippen LogP) is 3.13. The molecule has 7 heteroatoms. The molecule has 1 aromatic heterocycles. The summed E-state index contributed by atoms with van der Waals surface area (Å²) in [4.78, 5) is 31.8. The minimum atomic E-state index is -0.872. The van der Waals surface area contributed by atoms with Crippen LogP contribution in [-0.4, -0.2) is 63.2 Å². The van der Waals surface area contributed by atoms with Crippen LogP contribution in [0.3, 0.4) is 0 Å². The third-order valence-electron chi connectivity index (χ3n) is 4.81. The molecule has 1 N–H and O–H groups in total. The van der Waals surface area contributed by atoms with E-state index in [9.17, 15) is 14.7 Å². The third-order valence-corrected chi connectivity index (χ3v) is 4.81. The molecule has 0 spiro atoms. The number of rotatable bonds is 4. The maximum Gasteiger partial charge on any atom is 0.410 e. The molecule has 1 fully saturated rings. The van der Waals surface area contributed by atoms with E-state index in [2.05, 4.69) is 16.0 Å². The van der Waals surface area contributed by atoms with Crippen LogP contribution in [0.25, 0.3) is 10.8 Å². The molecule has 0 saturated carbocycles. The number of fused-ring (bicyclic) bond motifs is 1. The van der Waals surface area contributed by atoms with E-state index in [0.717, 1.165) is 16.3 Å². The van der Waals surface area contributed by atoms with Gasteiger partial charge in [-0.15, -0.1) is 0 Å². The van der Waals surface area contributed by atoms with E-state index < -0.39 is 17.7 Å². The average Bonchev–Trinajstić information content (AvgIpc) is 2.61. The van der Waals surface area contributed by atoms with E-state index in [-0.39, 0.29) is 12.5 Å². The molecule has 150 valence electrons. The fourth-order valence-electron chi connectivity index (χ4n) is 3.53. The lowest BCUT2D eigenvalue weighted by atomic mass is 10.0. The van der Waals surface area contributed by atoms with Crippen LogP contribution >= 0.6 is 0 Å². The van der Waals surface area contributed by atoms with E-state index in [1.54, 1.807) is 11.1 Å². The number of hydrogen-bond acceptors (Lipinski definition) is 5. The summed E-state index contributed by atoms with van der Waals surface area (Å²) < 4.78 is 5.46. The first kappa shape index (κ1) is 20.1. The van der Waals surface area contributed by atoms with Gasteiger partial charge in [0.25, 0.3) is 0 Å². The first-order valence-corrected chi connectivity index (χ1v) is 9.48. The minimum absolute atomic E-state index is 0.0222. The van der Waals surface area contributed by atoms with Crippen molar-refractivity contribution in [3.8, 4) is 0 Å². The van der Waals surface area contributed by atoms with Crippen LogP contribution in [0.4, 0.5) is 4.79 Å². The van der Waals surface area contributed by atoms with Crippen LogP contribution in [0.5, 0.6) is 0 Å². The highest BCUT2D eigenvalue weighted by atomic mass is 16.6. The van der Waals surface area contributed by atoms with Gasteiger partial charge in [0.1, 0.15) is 5.60 Å². The second-order valence-corrected chi connectivity index (χ2v) is 8.16. The van der Waals surface area contributed by atoms with Gasteiger partial charge in [0.2, 0.25) is 0 Å². The number of aromatic nitrogens is 1. The SMILES string of the molecule is CC(C)(C)OC(=O)N1CCN(Cc2cccc3cnccc23)C(CC(=O)O)C1. The highest BCUT2D eigenvalue weighted by Gasteiger charge is 2.33. The molecule has 1 aliphatic heterocycles. The smallest absolute Gasteiger partial charge is 0.410 e. The van der Waals surface area contributed by atoms with Gasteiger partial charge in [-0.3, -0.25) is 14.7 Å². The molecular weight excluding hydrogens is 358 g/mol. The van der Waals surface area contributed by atoms with Gasteiger partial charge in [-0.25, -0.2) is 4.79 Å². The Kier molecular flexibility index (Phi) is 5.84. The standard InChI is InChI=1S/C21H27N3O4/c1-21(2,3)28-20(27)24-10-9-23(17(14-24)11-19(25)26)13-16-6-4-5-15-12-22-8-7-18(15)16/h4-8,12,17H,9-11,13-14H2,1-3H3,(H,25,26). The fraction of sp³-hybridized carbons (Fsp3) is 0.476. The van der Waals surface area contributed by atoms with E-state index in [0.29, 0.717) is 26.2 Å². The van der Waals surface area contributed by atoms with Crippen LogP contribution in [0.15, 0.2) is 36.7 Å². The summed E-state index contributed by atoms with van der Waals surface area (Å²) >= 11 is 0. The number of nitrogens with zero attached hydrogens (tertiary/aromatic N) is 3. The number of carbonyl (C=O) groups is 2. The summed E-state index contributed by atoms with van der Waals surface area (Å²) in [6.07, 6.45) is 3.18. The second kappa shape index (κ2) is 8.14. The Labute approximate surface area is 164 Å². The number of carboxylic acid groups (broad SMARTS) is 1. The highest BCUT2D eigenvalue weighted by Crippen LogP contribution is 2.23. The van der Waals surface area contributed by atoms with Gasteiger partial charge in [0.15, 0.2) is 0 Å². The molecule has 1 aliphatic rings. The van der Waals surface area contributed by atoms with Crippen molar-refractivity contribution in [3.63, 3.8) is 0 Å². The second-order valence-electron chi connectivity index (χ2n) is 8.16. The van der Waals surface area contributed by atoms with E-state index in [1.165, 1.54) is 0 Å². The number of carbonyl (C=O) groups excluding carboxylic acids is 1.